The van der Waals surface area contributed by atoms with Crippen LogP contribution in [0.5, 0.6) is 0 Å². The Morgan fingerprint density at radius 3 is 2.88 bits per heavy atom. The van der Waals surface area contributed by atoms with Gasteiger partial charge in [0.25, 0.3) is 0 Å². The minimum atomic E-state index is 0.0307. The number of carbonyl (C=O) groups is 1. The molecule has 3 heteroatoms. The van der Waals surface area contributed by atoms with Crippen LogP contribution in [-0.2, 0) is 9.53 Å². The molecule has 0 saturated heterocycles. The van der Waals surface area contributed by atoms with Crippen molar-refractivity contribution >= 4 is 5.97 Å². The molecule has 1 rings (SSSR count). The molecule has 2 unspecified atom stereocenters. The average Bonchev–Trinajstić information content (AvgIpc) is 2.75. The molecular formula is C13H25NO2. The van der Waals surface area contributed by atoms with Crippen molar-refractivity contribution in [2.75, 3.05) is 13.2 Å². The highest BCUT2D eigenvalue weighted by Gasteiger charge is 2.30. The molecule has 0 aliphatic heterocycles. The van der Waals surface area contributed by atoms with Gasteiger partial charge in [0.2, 0.25) is 0 Å². The monoisotopic (exact) mass is 227 g/mol. The van der Waals surface area contributed by atoms with Gasteiger partial charge < -0.3 is 10.5 Å². The smallest absolute Gasteiger partial charge is 0.308 e. The molecule has 0 bridgehead atoms. The van der Waals surface area contributed by atoms with Crippen molar-refractivity contribution in [3.63, 3.8) is 0 Å². The Bertz CT molecular complexity index is 206. The summed E-state index contributed by atoms with van der Waals surface area (Å²) in [6, 6.07) is 0. The number of ether oxygens (including phenoxy) is 1. The third-order valence-electron chi connectivity index (χ3n) is 3.39. The van der Waals surface area contributed by atoms with Gasteiger partial charge in [0.15, 0.2) is 0 Å². The SMILES string of the molecule is CCCOC(=O)C1CCC(CCCCN)C1. The van der Waals surface area contributed by atoms with Gasteiger partial charge in [0.05, 0.1) is 12.5 Å². The second kappa shape index (κ2) is 7.66. The number of hydrogen-bond acceptors (Lipinski definition) is 3. The molecule has 1 aliphatic carbocycles. The van der Waals surface area contributed by atoms with Crippen LogP contribution in [0.15, 0.2) is 0 Å². The summed E-state index contributed by atoms with van der Waals surface area (Å²) in [6.07, 6.45) is 7.71. The Balaban J connectivity index is 2.16. The lowest BCUT2D eigenvalue weighted by molar-refractivity contribution is -0.148. The first-order chi connectivity index (χ1) is 7.77. The molecule has 0 spiro atoms. The van der Waals surface area contributed by atoms with E-state index in [1.807, 2.05) is 6.92 Å². The zero-order valence-electron chi connectivity index (χ0n) is 10.4. The molecule has 16 heavy (non-hydrogen) atoms. The number of esters is 1. The van der Waals surface area contributed by atoms with E-state index in [1.165, 1.54) is 19.3 Å². The fourth-order valence-corrected chi connectivity index (χ4v) is 2.45. The van der Waals surface area contributed by atoms with Crippen LogP contribution in [0.4, 0.5) is 0 Å². The molecule has 1 saturated carbocycles. The summed E-state index contributed by atoms with van der Waals surface area (Å²) < 4.78 is 5.19. The molecule has 2 atom stereocenters. The third kappa shape index (κ3) is 4.52. The molecule has 0 radical (unpaired) electrons. The molecule has 0 amide bonds. The zero-order valence-corrected chi connectivity index (χ0v) is 10.4. The lowest BCUT2D eigenvalue weighted by Crippen LogP contribution is -2.15. The molecule has 0 heterocycles. The maximum atomic E-state index is 11.6. The van der Waals surface area contributed by atoms with Crippen LogP contribution in [0, 0.1) is 11.8 Å². The normalized spacial score (nSPS) is 24.6. The lowest BCUT2D eigenvalue weighted by atomic mass is 9.99. The molecule has 1 fully saturated rings. The highest BCUT2D eigenvalue weighted by atomic mass is 16.5. The van der Waals surface area contributed by atoms with Gasteiger partial charge in [0.1, 0.15) is 0 Å². The van der Waals surface area contributed by atoms with Crippen molar-refractivity contribution in [1.29, 1.82) is 0 Å². The molecule has 94 valence electrons. The lowest BCUT2D eigenvalue weighted by Gasteiger charge is -2.10. The van der Waals surface area contributed by atoms with Crippen LogP contribution >= 0.6 is 0 Å². The van der Waals surface area contributed by atoms with Crippen LogP contribution in [-0.4, -0.2) is 19.1 Å². The fraction of sp³-hybridized carbons (Fsp3) is 0.923. The Hall–Kier alpha value is -0.570. The first-order valence-electron chi connectivity index (χ1n) is 6.64. The van der Waals surface area contributed by atoms with E-state index in [1.54, 1.807) is 0 Å². The van der Waals surface area contributed by atoms with E-state index in [0.29, 0.717) is 6.61 Å². The highest BCUT2D eigenvalue weighted by Crippen LogP contribution is 2.34. The van der Waals surface area contributed by atoms with E-state index in [-0.39, 0.29) is 11.9 Å². The van der Waals surface area contributed by atoms with E-state index < -0.39 is 0 Å². The van der Waals surface area contributed by atoms with E-state index in [9.17, 15) is 4.79 Å². The predicted molar refractivity (Wildman–Crippen MR) is 65.0 cm³/mol. The minimum absolute atomic E-state index is 0.0307. The van der Waals surface area contributed by atoms with Crippen molar-refractivity contribution in [1.82, 2.24) is 0 Å². The quantitative estimate of drug-likeness (QED) is 0.537. The maximum Gasteiger partial charge on any atom is 0.308 e. The number of unbranched alkanes of at least 4 members (excludes halogenated alkanes) is 1. The Labute approximate surface area is 98.7 Å². The van der Waals surface area contributed by atoms with Gasteiger partial charge in [-0.05, 0) is 44.6 Å². The maximum absolute atomic E-state index is 11.6. The minimum Gasteiger partial charge on any atom is -0.465 e. The van der Waals surface area contributed by atoms with Gasteiger partial charge in [-0.3, -0.25) is 4.79 Å². The first-order valence-corrected chi connectivity index (χ1v) is 6.64. The van der Waals surface area contributed by atoms with Crippen molar-refractivity contribution in [2.45, 2.75) is 51.9 Å². The Morgan fingerprint density at radius 2 is 2.19 bits per heavy atom. The second-order valence-electron chi connectivity index (χ2n) is 4.83. The molecule has 1 aliphatic rings. The Kier molecular flexibility index (Phi) is 6.46. The number of hydrogen-bond donors (Lipinski definition) is 1. The van der Waals surface area contributed by atoms with E-state index >= 15 is 0 Å². The molecule has 0 aromatic carbocycles. The van der Waals surface area contributed by atoms with Crippen molar-refractivity contribution in [3.8, 4) is 0 Å². The van der Waals surface area contributed by atoms with Gasteiger partial charge in [0, 0.05) is 0 Å². The van der Waals surface area contributed by atoms with Gasteiger partial charge in [-0.25, -0.2) is 0 Å². The summed E-state index contributed by atoms with van der Waals surface area (Å²) >= 11 is 0. The van der Waals surface area contributed by atoms with E-state index in [0.717, 1.165) is 38.1 Å². The van der Waals surface area contributed by atoms with E-state index in [2.05, 4.69) is 0 Å². The average molecular weight is 227 g/mol. The Morgan fingerprint density at radius 1 is 1.38 bits per heavy atom. The number of nitrogens with two attached hydrogens (primary N) is 1. The molecule has 2 N–H and O–H groups in total. The molecule has 3 nitrogen and oxygen atoms in total. The van der Waals surface area contributed by atoms with Crippen LogP contribution in [0.1, 0.15) is 51.9 Å². The summed E-state index contributed by atoms with van der Waals surface area (Å²) in [6.45, 7) is 3.39. The summed E-state index contributed by atoms with van der Waals surface area (Å²) in [5.74, 6) is 0.934. The largest absolute Gasteiger partial charge is 0.465 e. The van der Waals surface area contributed by atoms with E-state index in [4.69, 9.17) is 10.5 Å². The van der Waals surface area contributed by atoms with Crippen LogP contribution in [0.3, 0.4) is 0 Å². The predicted octanol–water partition coefficient (Wildman–Crippen LogP) is 2.48. The molecule has 0 aromatic heterocycles. The summed E-state index contributed by atoms with van der Waals surface area (Å²) in [5, 5.41) is 0. The zero-order chi connectivity index (χ0) is 11.8. The van der Waals surface area contributed by atoms with Crippen LogP contribution < -0.4 is 5.73 Å². The fourth-order valence-electron chi connectivity index (χ4n) is 2.45. The number of rotatable bonds is 7. The molecule has 0 aromatic rings. The van der Waals surface area contributed by atoms with Gasteiger partial charge in [-0.15, -0.1) is 0 Å². The van der Waals surface area contributed by atoms with Gasteiger partial charge in [-0.1, -0.05) is 19.8 Å². The topological polar surface area (TPSA) is 52.3 Å². The highest BCUT2D eigenvalue weighted by molar-refractivity contribution is 5.72. The van der Waals surface area contributed by atoms with Crippen LogP contribution in [0.25, 0.3) is 0 Å². The summed E-state index contributed by atoms with van der Waals surface area (Å²) in [5.41, 5.74) is 5.47. The van der Waals surface area contributed by atoms with Crippen molar-refractivity contribution < 1.29 is 9.53 Å². The first kappa shape index (κ1) is 13.5. The molecular weight excluding hydrogens is 202 g/mol. The second-order valence-corrected chi connectivity index (χ2v) is 4.83. The van der Waals surface area contributed by atoms with Crippen molar-refractivity contribution in [3.05, 3.63) is 0 Å². The number of carbonyl (C=O) groups excluding carboxylic acids is 1. The van der Waals surface area contributed by atoms with Gasteiger partial charge in [-0.2, -0.15) is 0 Å². The standard InChI is InChI=1S/C13H25NO2/c1-2-9-16-13(15)12-7-6-11(10-12)5-3-4-8-14/h11-12H,2-10,14H2,1H3. The summed E-state index contributed by atoms with van der Waals surface area (Å²) in [7, 11) is 0. The van der Waals surface area contributed by atoms with Crippen LogP contribution in [0.2, 0.25) is 0 Å². The van der Waals surface area contributed by atoms with Crippen molar-refractivity contribution in [2.24, 2.45) is 17.6 Å². The summed E-state index contributed by atoms with van der Waals surface area (Å²) in [4.78, 5) is 11.6. The third-order valence-corrected chi connectivity index (χ3v) is 3.39. The van der Waals surface area contributed by atoms with Gasteiger partial charge >= 0.3 is 5.97 Å².